The molecule has 1 rings (SSSR count). The average Bonchev–Trinajstić information content (AvgIpc) is 2.43. The summed E-state index contributed by atoms with van der Waals surface area (Å²) in [4.78, 5) is 0. The second-order valence-electron chi connectivity index (χ2n) is 1.97. The fraction of sp³-hybridized carbons (Fsp3) is 0.800. The molecule has 0 unspecified atom stereocenters. The summed E-state index contributed by atoms with van der Waals surface area (Å²) in [7, 11) is 0. The first-order valence-corrected chi connectivity index (χ1v) is 2.48. The molecular formula is C5H8N2. The highest BCUT2D eigenvalue weighted by Crippen LogP contribution is 2.35. The third-order valence-corrected chi connectivity index (χ3v) is 1.39. The van der Waals surface area contributed by atoms with E-state index in [0.29, 0.717) is 18.4 Å². The van der Waals surface area contributed by atoms with Crippen molar-refractivity contribution < 1.29 is 0 Å². The van der Waals surface area contributed by atoms with Crippen LogP contribution in [0.3, 0.4) is 0 Å². The lowest BCUT2D eigenvalue weighted by Gasteiger charge is -1.78. The van der Waals surface area contributed by atoms with Crippen molar-refractivity contribution in [2.45, 2.75) is 6.42 Å². The van der Waals surface area contributed by atoms with Crippen molar-refractivity contribution in [3.8, 4) is 6.07 Å². The second kappa shape index (κ2) is 1.51. The van der Waals surface area contributed by atoms with Crippen LogP contribution in [0.5, 0.6) is 0 Å². The molecule has 1 saturated carbocycles. The van der Waals surface area contributed by atoms with E-state index in [1.54, 1.807) is 0 Å². The Bertz CT molecular complexity index is 103. The molecule has 0 heterocycles. The van der Waals surface area contributed by atoms with Gasteiger partial charge >= 0.3 is 0 Å². The van der Waals surface area contributed by atoms with Gasteiger partial charge in [-0.2, -0.15) is 5.26 Å². The van der Waals surface area contributed by atoms with E-state index in [0.717, 1.165) is 6.42 Å². The molecule has 38 valence electrons. The van der Waals surface area contributed by atoms with Gasteiger partial charge in [-0.15, -0.1) is 0 Å². The van der Waals surface area contributed by atoms with E-state index >= 15 is 0 Å². The molecule has 0 aromatic carbocycles. The molecule has 0 aromatic rings. The van der Waals surface area contributed by atoms with Crippen LogP contribution in [-0.4, -0.2) is 6.54 Å². The highest BCUT2D eigenvalue weighted by atomic mass is 14.6. The largest absolute Gasteiger partial charge is 0.330 e. The maximum atomic E-state index is 8.20. The number of hydrogen-bond acceptors (Lipinski definition) is 2. The van der Waals surface area contributed by atoms with Crippen molar-refractivity contribution in [3.05, 3.63) is 0 Å². The molecule has 1 fully saturated rings. The molecule has 0 aromatic heterocycles. The molecule has 0 aliphatic heterocycles. The maximum absolute atomic E-state index is 8.20. The average molecular weight is 96.1 g/mol. The standard InChI is InChI=1S/C5H8N2/c6-2-4-1-5(4)3-7/h4-5H,1-2,6H2/t4-,5-/m1/s1. The van der Waals surface area contributed by atoms with Crippen LogP contribution in [0.4, 0.5) is 0 Å². The van der Waals surface area contributed by atoms with Gasteiger partial charge in [0.05, 0.1) is 12.0 Å². The van der Waals surface area contributed by atoms with Gasteiger partial charge in [-0.1, -0.05) is 0 Å². The van der Waals surface area contributed by atoms with Crippen molar-refractivity contribution in [2.75, 3.05) is 6.54 Å². The summed E-state index contributed by atoms with van der Waals surface area (Å²) in [5.41, 5.74) is 5.25. The summed E-state index contributed by atoms with van der Waals surface area (Å²) in [5, 5.41) is 8.20. The van der Waals surface area contributed by atoms with Crippen molar-refractivity contribution >= 4 is 0 Å². The minimum absolute atomic E-state index is 0.296. The van der Waals surface area contributed by atoms with Crippen LogP contribution in [-0.2, 0) is 0 Å². The highest BCUT2D eigenvalue weighted by molar-refractivity contribution is 5.01. The Morgan fingerprint density at radius 1 is 1.86 bits per heavy atom. The van der Waals surface area contributed by atoms with Crippen molar-refractivity contribution in [3.63, 3.8) is 0 Å². The molecular weight excluding hydrogens is 88.1 g/mol. The van der Waals surface area contributed by atoms with E-state index in [2.05, 4.69) is 6.07 Å². The van der Waals surface area contributed by atoms with Gasteiger partial charge in [0, 0.05) is 0 Å². The van der Waals surface area contributed by atoms with Gasteiger partial charge in [0.25, 0.3) is 0 Å². The summed E-state index contributed by atoms with van der Waals surface area (Å²) in [6.07, 6.45) is 1.03. The maximum Gasteiger partial charge on any atom is 0.0659 e. The van der Waals surface area contributed by atoms with Gasteiger partial charge in [-0.05, 0) is 18.9 Å². The zero-order valence-electron chi connectivity index (χ0n) is 4.09. The monoisotopic (exact) mass is 96.1 g/mol. The molecule has 2 nitrogen and oxygen atoms in total. The molecule has 2 atom stereocenters. The molecule has 0 amide bonds. The third kappa shape index (κ3) is 0.726. The molecule has 7 heavy (non-hydrogen) atoms. The van der Waals surface area contributed by atoms with Gasteiger partial charge in [-0.3, -0.25) is 0 Å². The Balaban J connectivity index is 2.21. The van der Waals surface area contributed by atoms with E-state index in [1.165, 1.54) is 0 Å². The predicted molar refractivity (Wildman–Crippen MR) is 26.3 cm³/mol. The minimum atomic E-state index is 0.296. The summed E-state index contributed by atoms with van der Waals surface area (Å²) in [6.45, 7) is 0.693. The fourth-order valence-electron chi connectivity index (χ4n) is 0.666. The Morgan fingerprint density at radius 3 is 2.71 bits per heavy atom. The summed E-state index contributed by atoms with van der Waals surface area (Å²) >= 11 is 0. The van der Waals surface area contributed by atoms with Crippen LogP contribution in [0.2, 0.25) is 0 Å². The number of rotatable bonds is 1. The van der Waals surface area contributed by atoms with Crippen LogP contribution in [0.25, 0.3) is 0 Å². The Morgan fingerprint density at radius 2 is 2.57 bits per heavy atom. The Hall–Kier alpha value is -0.550. The fourth-order valence-corrected chi connectivity index (χ4v) is 0.666. The SMILES string of the molecule is N#C[C@H]1C[C@@H]1CN. The lowest BCUT2D eigenvalue weighted by Crippen LogP contribution is -2.01. The van der Waals surface area contributed by atoms with Gasteiger partial charge < -0.3 is 5.73 Å². The van der Waals surface area contributed by atoms with Crippen LogP contribution in [0.1, 0.15) is 6.42 Å². The first-order valence-electron chi connectivity index (χ1n) is 2.48. The second-order valence-corrected chi connectivity index (χ2v) is 1.97. The molecule has 0 spiro atoms. The first-order chi connectivity index (χ1) is 3.38. The lowest BCUT2D eigenvalue weighted by molar-refractivity contribution is 0.804. The van der Waals surface area contributed by atoms with E-state index in [9.17, 15) is 0 Å². The molecule has 1 aliphatic carbocycles. The number of nitrogens with zero attached hydrogens (tertiary/aromatic N) is 1. The highest BCUT2D eigenvalue weighted by Gasteiger charge is 2.35. The molecule has 1 aliphatic rings. The van der Waals surface area contributed by atoms with Crippen molar-refractivity contribution in [1.82, 2.24) is 0 Å². The number of nitriles is 1. The Kier molecular flexibility index (Phi) is 0.994. The molecule has 0 bridgehead atoms. The van der Waals surface area contributed by atoms with Gasteiger partial charge in [0.15, 0.2) is 0 Å². The third-order valence-electron chi connectivity index (χ3n) is 1.39. The van der Waals surface area contributed by atoms with Gasteiger partial charge in [-0.25, -0.2) is 0 Å². The molecule has 2 heteroatoms. The zero-order chi connectivity index (χ0) is 5.28. The van der Waals surface area contributed by atoms with Crippen molar-refractivity contribution in [2.24, 2.45) is 17.6 Å². The zero-order valence-corrected chi connectivity index (χ0v) is 4.09. The van der Waals surface area contributed by atoms with Crippen molar-refractivity contribution in [1.29, 1.82) is 5.26 Å². The topological polar surface area (TPSA) is 49.8 Å². The van der Waals surface area contributed by atoms with Gasteiger partial charge in [0.1, 0.15) is 0 Å². The van der Waals surface area contributed by atoms with Gasteiger partial charge in [0.2, 0.25) is 0 Å². The quantitative estimate of drug-likeness (QED) is 0.503. The first kappa shape index (κ1) is 4.61. The Labute approximate surface area is 42.9 Å². The van der Waals surface area contributed by atoms with Crippen LogP contribution >= 0.6 is 0 Å². The minimum Gasteiger partial charge on any atom is -0.330 e. The van der Waals surface area contributed by atoms with Crippen LogP contribution in [0, 0.1) is 23.2 Å². The summed E-state index contributed by atoms with van der Waals surface area (Å²) in [5.74, 6) is 0.829. The lowest BCUT2D eigenvalue weighted by atomic mass is 10.3. The van der Waals surface area contributed by atoms with Crippen LogP contribution in [0.15, 0.2) is 0 Å². The predicted octanol–water partition coefficient (Wildman–Crippen LogP) is 0.105. The molecule has 0 saturated heterocycles. The number of nitrogens with two attached hydrogens (primary N) is 1. The molecule has 0 radical (unpaired) electrons. The normalized spacial score (nSPS) is 37.1. The van der Waals surface area contributed by atoms with E-state index in [4.69, 9.17) is 11.0 Å². The number of hydrogen-bond donors (Lipinski definition) is 1. The van der Waals surface area contributed by atoms with E-state index < -0.39 is 0 Å². The summed E-state index contributed by atoms with van der Waals surface area (Å²) in [6, 6.07) is 2.16. The van der Waals surface area contributed by atoms with Crippen LogP contribution < -0.4 is 5.73 Å². The molecule has 2 N–H and O–H groups in total. The van der Waals surface area contributed by atoms with E-state index in [-0.39, 0.29) is 0 Å². The van der Waals surface area contributed by atoms with E-state index in [1.807, 2.05) is 0 Å². The summed E-state index contributed by atoms with van der Waals surface area (Å²) < 4.78 is 0. The smallest absolute Gasteiger partial charge is 0.0659 e.